The van der Waals surface area contributed by atoms with E-state index < -0.39 is 0 Å². The molecule has 0 amide bonds. The molecule has 2 unspecified atom stereocenters. The smallest absolute Gasteiger partial charge is 0.133 e. The molecule has 11 heavy (non-hydrogen) atoms. The van der Waals surface area contributed by atoms with Crippen LogP contribution in [0, 0.1) is 11.8 Å². The third-order valence-electron chi connectivity index (χ3n) is 2.50. The lowest BCUT2D eigenvalue weighted by atomic mass is 9.87. The van der Waals surface area contributed by atoms with Gasteiger partial charge in [0.25, 0.3) is 0 Å². The molecule has 0 radical (unpaired) electrons. The van der Waals surface area contributed by atoms with E-state index in [1.807, 2.05) is 0 Å². The molecule has 1 fully saturated rings. The molecule has 1 saturated heterocycles. The van der Waals surface area contributed by atoms with Crippen LogP contribution in [0.1, 0.15) is 26.7 Å². The van der Waals surface area contributed by atoms with Crippen molar-refractivity contribution < 1.29 is 9.53 Å². The molecule has 0 aromatic heterocycles. The first-order valence-corrected chi connectivity index (χ1v) is 4.34. The predicted octanol–water partition coefficient (Wildman–Crippen LogP) is 1.64. The molecule has 2 atom stereocenters. The van der Waals surface area contributed by atoms with Crippen molar-refractivity contribution in [1.29, 1.82) is 0 Å². The van der Waals surface area contributed by atoms with E-state index in [0.29, 0.717) is 11.7 Å². The quantitative estimate of drug-likeness (QED) is 0.621. The zero-order valence-corrected chi connectivity index (χ0v) is 7.30. The van der Waals surface area contributed by atoms with E-state index >= 15 is 0 Å². The molecule has 0 spiro atoms. The summed E-state index contributed by atoms with van der Waals surface area (Å²) in [5.74, 6) is 1.07. The van der Waals surface area contributed by atoms with Gasteiger partial charge in [-0.3, -0.25) is 4.79 Å². The Kier molecular flexibility index (Phi) is 3.06. The minimum absolute atomic E-state index is 0.248. The third kappa shape index (κ3) is 2.03. The van der Waals surface area contributed by atoms with Crippen LogP contribution >= 0.6 is 0 Å². The topological polar surface area (TPSA) is 26.3 Å². The minimum atomic E-state index is 0.248. The maximum absolute atomic E-state index is 11.1. The first kappa shape index (κ1) is 8.72. The Bertz CT molecular complexity index is 136. The Labute approximate surface area is 67.9 Å². The monoisotopic (exact) mass is 156 g/mol. The van der Waals surface area contributed by atoms with Gasteiger partial charge in [-0.05, 0) is 25.7 Å². The van der Waals surface area contributed by atoms with E-state index in [2.05, 4.69) is 6.92 Å². The van der Waals surface area contributed by atoms with Crippen molar-refractivity contribution in [3.8, 4) is 0 Å². The van der Waals surface area contributed by atoms with Crippen LogP contribution in [0.4, 0.5) is 0 Å². The second-order valence-electron chi connectivity index (χ2n) is 3.25. The van der Waals surface area contributed by atoms with Crippen LogP contribution in [0.25, 0.3) is 0 Å². The molecule has 2 nitrogen and oxygen atoms in total. The summed E-state index contributed by atoms with van der Waals surface area (Å²) in [5.41, 5.74) is 0. The maximum atomic E-state index is 11.1. The van der Waals surface area contributed by atoms with Crippen LogP contribution in [-0.2, 0) is 9.53 Å². The summed E-state index contributed by atoms with van der Waals surface area (Å²) >= 11 is 0. The average molecular weight is 156 g/mol. The Morgan fingerprint density at radius 3 is 2.82 bits per heavy atom. The minimum Gasteiger partial charge on any atom is -0.381 e. The van der Waals surface area contributed by atoms with Gasteiger partial charge in [-0.25, -0.2) is 0 Å². The summed E-state index contributed by atoms with van der Waals surface area (Å²) in [6.07, 6.45) is 2.03. The SMILES string of the molecule is CCC(C(C)=O)C1CCOC1. The fourth-order valence-electron chi connectivity index (χ4n) is 1.82. The summed E-state index contributed by atoms with van der Waals surface area (Å²) in [6.45, 7) is 5.39. The molecule has 0 saturated carbocycles. The number of ether oxygens (including phenoxy) is 1. The van der Waals surface area contributed by atoms with E-state index in [9.17, 15) is 4.79 Å². The maximum Gasteiger partial charge on any atom is 0.133 e. The number of ketones is 1. The van der Waals surface area contributed by atoms with Crippen molar-refractivity contribution in [2.45, 2.75) is 26.7 Å². The van der Waals surface area contributed by atoms with Crippen LogP contribution in [0.2, 0.25) is 0 Å². The van der Waals surface area contributed by atoms with Crippen molar-refractivity contribution in [1.82, 2.24) is 0 Å². The third-order valence-corrected chi connectivity index (χ3v) is 2.50. The van der Waals surface area contributed by atoms with Crippen molar-refractivity contribution >= 4 is 5.78 Å². The van der Waals surface area contributed by atoms with Crippen LogP contribution < -0.4 is 0 Å². The molecular weight excluding hydrogens is 140 g/mol. The van der Waals surface area contributed by atoms with E-state index in [4.69, 9.17) is 4.74 Å². The predicted molar refractivity (Wildman–Crippen MR) is 43.4 cm³/mol. The number of Topliss-reactive ketones (excluding diaryl/α,β-unsaturated/α-hetero) is 1. The van der Waals surface area contributed by atoms with Crippen LogP contribution in [0.5, 0.6) is 0 Å². The van der Waals surface area contributed by atoms with Crippen molar-refractivity contribution in [2.24, 2.45) is 11.8 Å². The Morgan fingerprint density at radius 2 is 2.45 bits per heavy atom. The highest BCUT2D eigenvalue weighted by atomic mass is 16.5. The van der Waals surface area contributed by atoms with E-state index in [1.54, 1.807) is 6.92 Å². The lowest BCUT2D eigenvalue weighted by Gasteiger charge is -2.16. The number of hydrogen-bond acceptors (Lipinski definition) is 2. The van der Waals surface area contributed by atoms with Gasteiger partial charge in [-0.15, -0.1) is 0 Å². The number of rotatable bonds is 3. The molecular formula is C9H16O2. The van der Waals surface area contributed by atoms with Crippen LogP contribution in [0.3, 0.4) is 0 Å². The second-order valence-corrected chi connectivity index (χ2v) is 3.25. The largest absolute Gasteiger partial charge is 0.381 e. The Morgan fingerprint density at radius 1 is 1.73 bits per heavy atom. The van der Waals surface area contributed by atoms with Crippen molar-refractivity contribution in [3.63, 3.8) is 0 Å². The standard InChI is InChI=1S/C9H16O2/c1-3-9(7(2)10)8-4-5-11-6-8/h8-9H,3-6H2,1-2H3. The number of carbonyl (C=O) groups is 1. The molecule has 0 N–H and O–H groups in total. The molecule has 0 bridgehead atoms. The summed E-state index contributed by atoms with van der Waals surface area (Å²) in [6, 6.07) is 0. The van der Waals surface area contributed by atoms with Gasteiger partial charge in [0.1, 0.15) is 5.78 Å². The first-order valence-electron chi connectivity index (χ1n) is 4.34. The molecule has 0 aliphatic carbocycles. The van der Waals surface area contributed by atoms with Gasteiger partial charge in [-0.2, -0.15) is 0 Å². The van der Waals surface area contributed by atoms with Crippen molar-refractivity contribution in [3.05, 3.63) is 0 Å². The Balaban J connectivity index is 2.46. The van der Waals surface area contributed by atoms with Crippen molar-refractivity contribution in [2.75, 3.05) is 13.2 Å². The second kappa shape index (κ2) is 3.86. The molecule has 2 heteroatoms. The first-order chi connectivity index (χ1) is 5.25. The molecule has 1 rings (SSSR count). The summed E-state index contributed by atoms with van der Waals surface area (Å²) in [7, 11) is 0. The highest BCUT2D eigenvalue weighted by Crippen LogP contribution is 2.24. The lowest BCUT2D eigenvalue weighted by Crippen LogP contribution is -2.21. The van der Waals surface area contributed by atoms with Gasteiger partial charge in [0.2, 0.25) is 0 Å². The Hall–Kier alpha value is -0.370. The van der Waals surface area contributed by atoms with Gasteiger partial charge in [0.05, 0.1) is 6.61 Å². The van der Waals surface area contributed by atoms with Gasteiger partial charge < -0.3 is 4.74 Å². The fraction of sp³-hybridized carbons (Fsp3) is 0.889. The van der Waals surface area contributed by atoms with E-state index in [-0.39, 0.29) is 5.92 Å². The van der Waals surface area contributed by atoms with Crippen LogP contribution in [0.15, 0.2) is 0 Å². The number of hydrogen-bond donors (Lipinski definition) is 0. The molecule has 1 aliphatic rings. The molecule has 0 aromatic rings. The molecule has 1 aliphatic heterocycles. The summed E-state index contributed by atoms with van der Waals surface area (Å²) in [4.78, 5) is 11.1. The summed E-state index contributed by atoms with van der Waals surface area (Å²) < 4.78 is 5.24. The van der Waals surface area contributed by atoms with E-state index in [1.165, 1.54) is 0 Å². The highest BCUT2D eigenvalue weighted by Gasteiger charge is 2.27. The number of carbonyl (C=O) groups excluding carboxylic acids is 1. The molecule has 0 aromatic carbocycles. The zero-order valence-electron chi connectivity index (χ0n) is 7.30. The summed E-state index contributed by atoms with van der Waals surface area (Å²) in [5, 5.41) is 0. The van der Waals surface area contributed by atoms with E-state index in [0.717, 1.165) is 26.1 Å². The molecule has 64 valence electrons. The van der Waals surface area contributed by atoms with Gasteiger partial charge in [0.15, 0.2) is 0 Å². The van der Waals surface area contributed by atoms with Gasteiger partial charge in [0, 0.05) is 12.5 Å². The average Bonchev–Trinajstić information content (AvgIpc) is 2.40. The highest BCUT2D eigenvalue weighted by molar-refractivity contribution is 5.78. The van der Waals surface area contributed by atoms with Crippen LogP contribution in [-0.4, -0.2) is 19.0 Å². The fourth-order valence-corrected chi connectivity index (χ4v) is 1.82. The zero-order chi connectivity index (χ0) is 8.27. The lowest BCUT2D eigenvalue weighted by molar-refractivity contribution is -0.122. The normalized spacial score (nSPS) is 26.9. The van der Waals surface area contributed by atoms with Gasteiger partial charge >= 0.3 is 0 Å². The van der Waals surface area contributed by atoms with Gasteiger partial charge in [-0.1, -0.05) is 6.92 Å². The molecule has 1 heterocycles.